The van der Waals surface area contributed by atoms with Crippen molar-refractivity contribution in [2.45, 2.75) is 191 Å². The smallest absolute Gasteiger partial charge is 0.217 e. The molecule has 32 nitrogen and oxygen atoms in total. The van der Waals surface area contributed by atoms with Gasteiger partial charge in [-0.3, -0.25) is 4.79 Å². The highest BCUT2D eigenvalue weighted by molar-refractivity contribution is 5.73. The number of aliphatic hydroxyl groups is 19. The SMILES string of the molecule is CC(=O)N[C@H]1[C@H](O)[C@@H](O[C@@H]2O[C@H](CO[C@H]3O[C@H](CO[C@H]4O[C@H](CO)[C@@H](O)[C@H](O)[C@@H]4O[C@H]4O[C@H](CO)[C@@H](O)[C@H](O)[C@@H]4O)[C@@H](O)[C@H](O)[C@@H]3O)[C@@H](O)[C@H](O[C@@H]3O[C@@H](CO)[C@H](O)[C@@H](O)[C@H]3O)[C@@H]2O)[C@H](CO)O[C@@H]1O. The lowest BCUT2D eigenvalue weighted by Crippen LogP contribution is -2.68. The Morgan fingerprint density at radius 3 is 1.24 bits per heavy atom. The van der Waals surface area contributed by atoms with E-state index in [1.165, 1.54) is 0 Å². The fraction of sp³-hybridized carbons (Fsp3) is 0.974. The van der Waals surface area contributed by atoms with E-state index < -0.39 is 230 Å². The van der Waals surface area contributed by atoms with Gasteiger partial charge in [0.05, 0.1) is 39.6 Å². The Balaban J connectivity index is 1.19. The van der Waals surface area contributed by atoms with Crippen molar-refractivity contribution in [2.75, 3.05) is 39.6 Å². The minimum absolute atomic E-state index is 0.741. The summed E-state index contributed by atoms with van der Waals surface area (Å²) in [5, 5.41) is 203. The van der Waals surface area contributed by atoms with Gasteiger partial charge in [-0.15, -0.1) is 0 Å². The highest BCUT2D eigenvalue weighted by Gasteiger charge is 2.56. The van der Waals surface area contributed by atoms with Gasteiger partial charge in [0.2, 0.25) is 5.91 Å². The van der Waals surface area contributed by atoms with Gasteiger partial charge in [-0.2, -0.15) is 0 Å². The molecule has 0 aromatic carbocycles. The molecular weight excluding hydrogens is 966 g/mol. The molecule has 70 heavy (non-hydrogen) atoms. The minimum Gasteiger partial charge on any atom is -0.394 e. The molecule has 0 bridgehead atoms. The normalized spacial score (nSPS) is 51.5. The van der Waals surface area contributed by atoms with Crippen LogP contribution in [0.1, 0.15) is 6.92 Å². The van der Waals surface area contributed by atoms with E-state index in [4.69, 9.17) is 52.1 Å². The molecule has 0 aromatic heterocycles. The molecule has 6 rings (SSSR count). The predicted octanol–water partition coefficient (Wildman–Crippen LogP) is -14.0. The largest absolute Gasteiger partial charge is 0.394 e. The van der Waals surface area contributed by atoms with Gasteiger partial charge in [0.15, 0.2) is 37.7 Å². The Kier molecular flexibility index (Phi) is 20.3. The quantitative estimate of drug-likeness (QED) is 0.0643. The molecule has 0 unspecified atom stereocenters. The van der Waals surface area contributed by atoms with Gasteiger partial charge in [0, 0.05) is 6.92 Å². The summed E-state index contributed by atoms with van der Waals surface area (Å²) in [6, 6.07) is -1.58. The van der Waals surface area contributed by atoms with Crippen molar-refractivity contribution in [2.24, 2.45) is 0 Å². The van der Waals surface area contributed by atoms with Gasteiger partial charge in [0.25, 0.3) is 0 Å². The number of hydrogen-bond donors (Lipinski definition) is 20. The third-order valence-corrected chi connectivity index (χ3v) is 12.8. The van der Waals surface area contributed by atoms with Crippen molar-refractivity contribution in [3.8, 4) is 0 Å². The Hall–Kier alpha value is -1.73. The average Bonchev–Trinajstić information content (AvgIpc) is 3.33. The van der Waals surface area contributed by atoms with Gasteiger partial charge in [-0.25, -0.2) is 0 Å². The number of carbonyl (C=O) groups excluding carboxylic acids is 1. The van der Waals surface area contributed by atoms with Crippen LogP contribution >= 0.6 is 0 Å². The zero-order valence-corrected chi connectivity index (χ0v) is 37.0. The zero-order valence-electron chi connectivity index (χ0n) is 37.0. The fourth-order valence-corrected chi connectivity index (χ4v) is 8.68. The van der Waals surface area contributed by atoms with Crippen LogP contribution in [0.5, 0.6) is 0 Å². The third kappa shape index (κ3) is 12.2. The van der Waals surface area contributed by atoms with E-state index in [1.807, 2.05) is 0 Å². The molecule has 6 heterocycles. The number of rotatable bonds is 17. The van der Waals surface area contributed by atoms with E-state index in [1.54, 1.807) is 0 Å². The van der Waals surface area contributed by atoms with Crippen molar-refractivity contribution in [1.29, 1.82) is 0 Å². The van der Waals surface area contributed by atoms with Crippen molar-refractivity contribution >= 4 is 5.91 Å². The Morgan fingerprint density at radius 2 is 0.743 bits per heavy atom. The monoisotopic (exact) mass is 1030 g/mol. The number of hydrogen-bond acceptors (Lipinski definition) is 31. The van der Waals surface area contributed by atoms with Crippen LogP contribution < -0.4 is 5.32 Å². The summed E-state index contributed by atoms with van der Waals surface area (Å²) in [5.41, 5.74) is 0. The molecule has 30 atom stereocenters. The summed E-state index contributed by atoms with van der Waals surface area (Å²) < 4.78 is 61.6. The van der Waals surface area contributed by atoms with E-state index in [-0.39, 0.29) is 0 Å². The average molecular weight is 1030 g/mol. The van der Waals surface area contributed by atoms with Gasteiger partial charge in [0.1, 0.15) is 146 Å². The lowest BCUT2D eigenvalue weighted by atomic mass is 9.95. The van der Waals surface area contributed by atoms with Gasteiger partial charge < -0.3 is 154 Å². The van der Waals surface area contributed by atoms with Crippen molar-refractivity contribution in [3.05, 3.63) is 0 Å². The lowest BCUT2D eigenvalue weighted by Gasteiger charge is -2.48. The maximum atomic E-state index is 11.9. The lowest BCUT2D eigenvalue weighted by molar-refractivity contribution is -0.382. The first kappa shape index (κ1) is 57.5. The first-order valence-corrected chi connectivity index (χ1v) is 22.1. The Bertz CT molecular complexity index is 1630. The Labute approximate surface area is 395 Å². The summed E-state index contributed by atoms with van der Waals surface area (Å²) in [6.45, 7) is -4.38. The molecule has 0 radical (unpaired) electrons. The maximum absolute atomic E-state index is 11.9. The standard InChI is InChI=1S/C38H65NO31/c1-8(44)39-15-21(50)30(12(5-43)62-33(15)59)68-37-29(58)31(69-35-27(56)22(51)16(45)9(2-40)63-35)20(49)14(67-37)7-60-34-26(55)24(53)19(48)13(66-34)6-61-38-32(25(54)18(47)11(4-42)65-38)70-36-28(57)23(52)17(46)10(3-41)64-36/h9-38,40-43,45-59H,2-7H2,1H3,(H,39,44)/t9-,10+,11+,12-,13+,14+,15-,16-,17+,18+,19+,20+,21-,22+,23-,24-,25-,26-,27+,28-,29-,30-,31-,32-,33-,34-,35-,36+,37-,38-/m0/s1. The molecule has 6 aliphatic heterocycles. The number of ether oxygens (including phenoxy) is 11. The van der Waals surface area contributed by atoms with Gasteiger partial charge in [-0.05, 0) is 0 Å². The van der Waals surface area contributed by atoms with Crippen molar-refractivity contribution in [1.82, 2.24) is 5.32 Å². The van der Waals surface area contributed by atoms with Gasteiger partial charge >= 0.3 is 0 Å². The van der Waals surface area contributed by atoms with Crippen LogP contribution in [0.4, 0.5) is 0 Å². The van der Waals surface area contributed by atoms with E-state index in [2.05, 4.69) is 5.32 Å². The minimum atomic E-state index is -2.19. The second-order valence-corrected chi connectivity index (χ2v) is 17.6. The van der Waals surface area contributed by atoms with Crippen LogP contribution in [0.2, 0.25) is 0 Å². The van der Waals surface area contributed by atoms with E-state index in [9.17, 15) is 102 Å². The van der Waals surface area contributed by atoms with Crippen LogP contribution in [0.15, 0.2) is 0 Å². The highest BCUT2D eigenvalue weighted by atomic mass is 16.8. The maximum Gasteiger partial charge on any atom is 0.217 e. The summed E-state index contributed by atoms with van der Waals surface area (Å²) in [6.07, 6.45) is -55.1. The predicted molar refractivity (Wildman–Crippen MR) is 211 cm³/mol. The van der Waals surface area contributed by atoms with E-state index in [0.717, 1.165) is 6.92 Å². The molecule has 32 heteroatoms. The van der Waals surface area contributed by atoms with E-state index >= 15 is 0 Å². The molecule has 0 saturated carbocycles. The first-order valence-electron chi connectivity index (χ1n) is 22.1. The summed E-state index contributed by atoms with van der Waals surface area (Å²) in [5.74, 6) is -0.741. The summed E-state index contributed by atoms with van der Waals surface area (Å²) in [7, 11) is 0. The second-order valence-electron chi connectivity index (χ2n) is 17.6. The molecule has 0 spiro atoms. The van der Waals surface area contributed by atoms with Crippen LogP contribution in [0.25, 0.3) is 0 Å². The molecule has 0 aliphatic carbocycles. The van der Waals surface area contributed by atoms with Crippen molar-refractivity contribution in [3.63, 3.8) is 0 Å². The molecule has 6 aliphatic rings. The molecule has 0 aromatic rings. The number of aliphatic hydroxyl groups excluding tert-OH is 19. The number of amides is 1. The third-order valence-electron chi connectivity index (χ3n) is 12.8. The fourth-order valence-electron chi connectivity index (χ4n) is 8.68. The van der Waals surface area contributed by atoms with Crippen molar-refractivity contribution < 1.29 is 154 Å². The number of carbonyl (C=O) groups is 1. The van der Waals surface area contributed by atoms with Crippen LogP contribution in [-0.2, 0) is 56.9 Å². The number of nitrogens with one attached hydrogen (secondary N) is 1. The first-order chi connectivity index (χ1) is 33.1. The van der Waals surface area contributed by atoms with E-state index in [0.29, 0.717) is 0 Å². The molecule has 20 N–H and O–H groups in total. The zero-order chi connectivity index (χ0) is 51.6. The topological polar surface area (TPSA) is 515 Å². The summed E-state index contributed by atoms with van der Waals surface area (Å²) in [4.78, 5) is 11.9. The summed E-state index contributed by atoms with van der Waals surface area (Å²) >= 11 is 0. The van der Waals surface area contributed by atoms with Crippen LogP contribution in [0, 0.1) is 0 Å². The highest BCUT2D eigenvalue weighted by Crippen LogP contribution is 2.35. The molecular formula is C38H65NO31. The van der Waals surface area contributed by atoms with Crippen LogP contribution in [0.3, 0.4) is 0 Å². The van der Waals surface area contributed by atoms with Crippen LogP contribution in [-0.4, -0.2) is 327 Å². The van der Waals surface area contributed by atoms with Gasteiger partial charge in [-0.1, -0.05) is 0 Å². The molecule has 1 amide bonds. The second kappa shape index (κ2) is 24.7. The molecule has 408 valence electrons. The molecule has 6 fully saturated rings. The Morgan fingerprint density at radius 1 is 0.371 bits per heavy atom. The molecule has 6 saturated heterocycles.